The van der Waals surface area contributed by atoms with Crippen LogP contribution < -0.4 is 4.72 Å². The molecule has 0 aliphatic heterocycles. The third kappa shape index (κ3) is 2.87. The van der Waals surface area contributed by atoms with E-state index in [2.05, 4.69) is 9.71 Å². The van der Waals surface area contributed by atoms with Crippen LogP contribution in [0.1, 0.15) is 6.42 Å². The number of oxazole rings is 1. The largest absolute Gasteiger partial charge is 0.443 e. The third-order valence-corrected chi connectivity index (χ3v) is 3.89. The second kappa shape index (κ2) is 5.47. The molecule has 0 unspecified atom stereocenters. The second-order valence-corrected chi connectivity index (χ2v) is 5.49. The first-order chi connectivity index (χ1) is 8.63. The molecule has 0 aliphatic rings. The summed E-state index contributed by atoms with van der Waals surface area (Å²) in [5.41, 5.74) is 1.09. The van der Waals surface area contributed by atoms with Gasteiger partial charge in [0.25, 0.3) is 0 Å². The maximum atomic E-state index is 11.9. The first kappa shape index (κ1) is 13.0. The monoisotopic (exact) mass is 270 g/mol. The van der Waals surface area contributed by atoms with Crippen molar-refractivity contribution >= 4 is 21.1 Å². The molecule has 0 radical (unpaired) electrons. The van der Waals surface area contributed by atoms with Crippen LogP contribution in [0.5, 0.6) is 0 Å². The standard InChI is InChI=1S/C11H14N2O4S/c1-16-6-2-5-13-18(14,15)9-3-4-10-11(7-9)17-8-12-10/h3-4,7-8,13H,2,5-6H2,1H3. The molecule has 7 heteroatoms. The average molecular weight is 270 g/mol. The Balaban J connectivity index is 2.13. The van der Waals surface area contributed by atoms with Crippen molar-refractivity contribution < 1.29 is 17.6 Å². The first-order valence-corrected chi connectivity index (χ1v) is 6.93. The van der Waals surface area contributed by atoms with E-state index in [4.69, 9.17) is 9.15 Å². The number of hydrogen-bond donors (Lipinski definition) is 1. The summed E-state index contributed by atoms with van der Waals surface area (Å²) in [6.07, 6.45) is 1.91. The van der Waals surface area contributed by atoms with Crippen LogP contribution in [0.4, 0.5) is 0 Å². The number of aromatic nitrogens is 1. The molecule has 0 saturated carbocycles. The van der Waals surface area contributed by atoms with E-state index in [0.717, 1.165) is 0 Å². The Kier molecular flexibility index (Phi) is 3.95. The van der Waals surface area contributed by atoms with Gasteiger partial charge in [-0.15, -0.1) is 0 Å². The van der Waals surface area contributed by atoms with E-state index >= 15 is 0 Å². The second-order valence-electron chi connectivity index (χ2n) is 3.73. The lowest BCUT2D eigenvalue weighted by Crippen LogP contribution is -2.25. The molecular weight excluding hydrogens is 256 g/mol. The van der Waals surface area contributed by atoms with Gasteiger partial charge in [0.1, 0.15) is 5.52 Å². The van der Waals surface area contributed by atoms with Crippen molar-refractivity contribution in [2.45, 2.75) is 11.3 Å². The van der Waals surface area contributed by atoms with E-state index in [0.29, 0.717) is 30.7 Å². The van der Waals surface area contributed by atoms with Gasteiger partial charge in [-0.25, -0.2) is 18.1 Å². The summed E-state index contributed by atoms with van der Waals surface area (Å²) in [5.74, 6) is 0. The van der Waals surface area contributed by atoms with E-state index in [1.807, 2.05) is 0 Å². The molecule has 0 spiro atoms. The lowest BCUT2D eigenvalue weighted by Gasteiger charge is -2.06. The summed E-state index contributed by atoms with van der Waals surface area (Å²) in [6.45, 7) is 0.855. The molecule has 0 fully saturated rings. The summed E-state index contributed by atoms with van der Waals surface area (Å²) in [6, 6.07) is 4.58. The van der Waals surface area contributed by atoms with Crippen LogP contribution in [-0.4, -0.2) is 33.7 Å². The number of nitrogens with one attached hydrogen (secondary N) is 1. The molecule has 0 bridgehead atoms. The zero-order valence-electron chi connectivity index (χ0n) is 9.92. The minimum Gasteiger partial charge on any atom is -0.443 e. The molecule has 98 valence electrons. The number of rotatable bonds is 6. The molecule has 1 aromatic carbocycles. The number of hydrogen-bond acceptors (Lipinski definition) is 5. The van der Waals surface area contributed by atoms with Crippen LogP contribution in [0.15, 0.2) is 33.9 Å². The molecule has 1 N–H and O–H groups in total. The molecular formula is C11H14N2O4S. The molecule has 2 aromatic rings. The molecule has 1 aromatic heterocycles. The molecule has 0 atom stereocenters. The summed E-state index contributed by atoms with van der Waals surface area (Å²) in [5, 5.41) is 0. The number of fused-ring (bicyclic) bond motifs is 1. The minimum absolute atomic E-state index is 0.171. The Hall–Kier alpha value is -1.44. The summed E-state index contributed by atoms with van der Waals surface area (Å²) < 4.78 is 36.3. The molecule has 2 rings (SSSR count). The number of nitrogens with zero attached hydrogens (tertiary/aromatic N) is 1. The van der Waals surface area contributed by atoms with Crippen LogP contribution in [0.25, 0.3) is 11.1 Å². The van der Waals surface area contributed by atoms with Crippen molar-refractivity contribution in [3.8, 4) is 0 Å². The predicted octanol–water partition coefficient (Wildman–Crippen LogP) is 1.14. The van der Waals surface area contributed by atoms with Gasteiger partial charge in [0, 0.05) is 26.3 Å². The highest BCUT2D eigenvalue weighted by Crippen LogP contribution is 2.17. The van der Waals surface area contributed by atoms with Crippen molar-refractivity contribution in [3.63, 3.8) is 0 Å². The zero-order chi connectivity index (χ0) is 13.0. The Morgan fingerprint density at radius 2 is 2.28 bits per heavy atom. The lowest BCUT2D eigenvalue weighted by atomic mass is 10.3. The smallest absolute Gasteiger partial charge is 0.240 e. The van der Waals surface area contributed by atoms with Gasteiger partial charge in [0.05, 0.1) is 4.90 Å². The van der Waals surface area contributed by atoms with Crippen molar-refractivity contribution in [3.05, 3.63) is 24.6 Å². The Morgan fingerprint density at radius 3 is 3.06 bits per heavy atom. The van der Waals surface area contributed by atoms with Crippen LogP contribution in [0, 0.1) is 0 Å². The van der Waals surface area contributed by atoms with E-state index in [1.54, 1.807) is 13.2 Å². The van der Waals surface area contributed by atoms with Gasteiger partial charge in [-0.05, 0) is 18.6 Å². The van der Waals surface area contributed by atoms with Crippen LogP contribution in [-0.2, 0) is 14.8 Å². The Morgan fingerprint density at radius 1 is 1.44 bits per heavy atom. The number of benzene rings is 1. The highest BCUT2D eigenvalue weighted by molar-refractivity contribution is 7.89. The van der Waals surface area contributed by atoms with E-state index in [9.17, 15) is 8.42 Å². The van der Waals surface area contributed by atoms with Crippen molar-refractivity contribution in [2.75, 3.05) is 20.3 Å². The molecule has 0 aliphatic carbocycles. The Bertz CT molecular complexity index is 621. The molecule has 6 nitrogen and oxygen atoms in total. The van der Waals surface area contributed by atoms with Gasteiger partial charge in [-0.2, -0.15) is 0 Å². The molecule has 18 heavy (non-hydrogen) atoms. The summed E-state index contributed by atoms with van der Waals surface area (Å²) in [4.78, 5) is 4.10. The molecule has 0 amide bonds. The normalized spacial score (nSPS) is 12.1. The van der Waals surface area contributed by atoms with Crippen LogP contribution >= 0.6 is 0 Å². The van der Waals surface area contributed by atoms with Gasteiger partial charge in [-0.1, -0.05) is 0 Å². The molecule has 0 saturated heterocycles. The highest BCUT2D eigenvalue weighted by atomic mass is 32.2. The number of methoxy groups -OCH3 is 1. The fraction of sp³-hybridized carbons (Fsp3) is 0.364. The Labute approximate surface area is 105 Å². The van der Waals surface area contributed by atoms with Gasteiger partial charge < -0.3 is 9.15 Å². The predicted molar refractivity (Wildman–Crippen MR) is 65.7 cm³/mol. The van der Waals surface area contributed by atoms with E-state index in [1.165, 1.54) is 18.5 Å². The zero-order valence-corrected chi connectivity index (χ0v) is 10.7. The quantitative estimate of drug-likeness (QED) is 0.796. The first-order valence-electron chi connectivity index (χ1n) is 5.45. The fourth-order valence-corrected chi connectivity index (χ4v) is 2.60. The summed E-state index contributed by atoms with van der Waals surface area (Å²) >= 11 is 0. The van der Waals surface area contributed by atoms with Gasteiger partial charge in [0.2, 0.25) is 10.0 Å². The van der Waals surface area contributed by atoms with Crippen LogP contribution in [0.3, 0.4) is 0 Å². The molecule has 1 heterocycles. The maximum absolute atomic E-state index is 11.9. The third-order valence-electron chi connectivity index (χ3n) is 2.43. The number of ether oxygens (including phenoxy) is 1. The fourth-order valence-electron chi connectivity index (χ4n) is 1.51. The topological polar surface area (TPSA) is 81.4 Å². The summed E-state index contributed by atoms with van der Waals surface area (Å²) in [7, 11) is -1.93. The van der Waals surface area contributed by atoms with Gasteiger partial charge >= 0.3 is 0 Å². The van der Waals surface area contributed by atoms with Crippen molar-refractivity contribution in [1.82, 2.24) is 9.71 Å². The maximum Gasteiger partial charge on any atom is 0.240 e. The minimum atomic E-state index is -3.50. The van der Waals surface area contributed by atoms with Crippen molar-refractivity contribution in [2.24, 2.45) is 0 Å². The van der Waals surface area contributed by atoms with Crippen molar-refractivity contribution in [1.29, 1.82) is 0 Å². The van der Waals surface area contributed by atoms with Gasteiger partial charge in [0.15, 0.2) is 12.0 Å². The lowest BCUT2D eigenvalue weighted by molar-refractivity contribution is 0.196. The van der Waals surface area contributed by atoms with E-state index in [-0.39, 0.29) is 4.90 Å². The van der Waals surface area contributed by atoms with E-state index < -0.39 is 10.0 Å². The number of sulfonamides is 1. The average Bonchev–Trinajstić information content (AvgIpc) is 2.82. The highest BCUT2D eigenvalue weighted by Gasteiger charge is 2.14. The van der Waals surface area contributed by atoms with Gasteiger partial charge in [-0.3, -0.25) is 0 Å². The SMILES string of the molecule is COCCCNS(=O)(=O)c1ccc2ncoc2c1. The van der Waals surface area contributed by atoms with Crippen LogP contribution in [0.2, 0.25) is 0 Å².